The van der Waals surface area contributed by atoms with Gasteiger partial charge in [0.1, 0.15) is 5.75 Å². The molecule has 2 nitrogen and oxygen atoms in total. The molecule has 0 aromatic heterocycles. The van der Waals surface area contributed by atoms with Crippen LogP contribution in [0.25, 0.3) is 11.1 Å². The molecule has 0 unspecified atom stereocenters. The van der Waals surface area contributed by atoms with Crippen LogP contribution in [0.3, 0.4) is 0 Å². The summed E-state index contributed by atoms with van der Waals surface area (Å²) in [5.41, 5.74) is 2.93. The van der Waals surface area contributed by atoms with Crippen molar-refractivity contribution in [3.8, 4) is 16.9 Å². The molecule has 0 saturated heterocycles. The molecule has 2 aromatic rings. The highest BCUT2D eigenvalue weighted by Crippen LogP contribution is 2.30. The van der Waals surface area contributed by atoms with E-state index in [1.165, 1.54) is 0 Å². The average molecular weight is 214 g/mol. The van der Waals surface area contributed by atoms with Gasteiger partial charge in [-0.1, -0.05) is 42.5 Å². The van der Waals surface area contributed by atoms with E-state index < -0.39 is 0 Å². The Balaban J connectivity index is 2.57. The molecule has 2 rings (SSSR count). The molecular weight excluding hydrogens is 200 g/mol. The summed E-state index contributed by atoms with van der Waals surface area (Å²) in [5, 5.41) is 9.41. The molecule has 0 aliphatic carbocycles. The fourth-order valence-corrected chi connectivity index (χ4v) is 1.81. The van der Waals surface area contributed by atoms with E-state index in [1.54, 1.807) is 7.11 Å². The molecule has 16 heavy (non-hydrogen) atoms. The largest absolute Gasteiger partial charge is 0.496 e. The Hall–Kier alpha value is -1.80. The summed E-state index contributed by atoms with van der Waals surface area (Å²) < 4.78 is 5.24. The van der Waals surface area contributed by atoms with Gasteiger partial charge >= 0.3 is 0 Å². The van der Waals surface area contributed by atoms with E-state index in [1.807, 2.05) is 48.5 Å². The molecule has 0 heterocycles. The van der Waals surface area contributed by atoms with Crippen molar-refractivity contribution in [2.75, 3.05) is 7.11 Å². The summed E-state index contributed by atoms with van der Waals surface area (Å²) in [4.78, 5) is 0. The highest BCUT2D eigenvalue weighted by molar-refractivity contribution is 5.69. The number of aliphatic hydroxyl groups is 1. The van der Waals surface area contributed by atoms with Gasteiger partial charge in [-0.15, -0.1) is 0 Å². The fourth-order valence-electron chi connectivity index (χ4n) is 1.81. The Morgan fingerprint density at radius 2 is 1.75 bits per heavy atom. The number of hydrogen-bond acceptors (Lipinski definition) is 2. The van der Waals surface area contributed by atoms with E-state index in [-0.39, 0.29) is 6.61 Å². The van der Waals surface area contributed by atoms with Gasteiger partial charge in [0.2, 0.25) is 0 Å². The molecule has 0 aliphatic rings. The molecule has 0 aliphatic heterocycles. The lowest BCUT2D eigenvalue weighted by molar-refractivity contribution is 0.274. The second-order valence-electron chi connectivity index (χ2n) is 3.51. The van der Waals surface area contributed by atoms with Gasteiger partial charge in [0.25, 0.3) is 0 Å². The maximum Gasteiger partial charge on any atom is 0.124 e. The number of ether oxygens (including phenoxy) is 1. The SMILES string of the molecule is COc1cccc(-c2ccccc2)c1CO. The minimum Gasteiger partial charge on any atom is -0.496 e. The van der Waals surface area contributed by atoms with E-state index in [4.69, 9.17) is 4.74 Å². The molecule has 0 bridgehead atoms. The predicted molar refractivity (Wildman–Crippen MR) is 64.4 cm³/mol. The zero-order chi connectivity index (χ0) is 11.4. The summed E-state index contributed by atoms with van der Waals surface area (Å²) in [6, 6.07) is 15.8. The van der Waals surface area contributed by atoms with Crippen LogP contribution in [0.15, 0.2) is 48.5 Å². The molecular formula is C14H14O2. The van der Waals surface area contributed by atoms with Crippen molar-refractivity contribution in [1.82, 2.24) is 0 Å². The van der Waals surface area contributed by atoms with Gasteiger partial charge in [-0.2, -0.15) is 0 Å². The van der Waals surface area contributed by atoms with Crippen molar-refractivity contribution in [3.05, 3.63) is 54.1 Å². The van der Waals surface area contributed by atoms with Gasteiger partial charge in [0, 0.05) is 5.56 Å². The van der Waals surface area contributed by atoms with Gasteiger partial charge in [0.15, 0.2) is 0 Å². The summed E-state index contributed by atoms with van der Waals surface area (Å²) in [6.07, 6.45) is 0. The number of hydrogen-bond donors (Lipinski definition) is 1. The molecule has 2 heteroatoms. The van der Waals surface area contributed by atoms with Crippen molar-refractivity contribution in [2.24, 2.45) is 0 Å². The van der Waals surface area contributed by atoms with E-state index in [0.717, 1.165) is 22.4 Å². The Kier molecular flexibility index (Phi) is 3.22. The van der Waals surface area contributed by atoms with Gasteiger partial charge in [0.05, 0.1) is 13.7 Å². The first-order chi connectivity index (χ1) is 7.86. The Labute approximate surface area is 95.1 Å². The predicted octanol–water partition coefficient (Wildman–Crippen LogP) is 2.85. The van der Waals surface area contributed by atoms with E-state index in [0.29, 0.717) is 0 Å². The Morgan fingerprint density at radius 3 is 2.38 bits per heavy atom. The van der Waals surface area contributed by atoms with Crippen LogP contribution in [0.5, 0.6) is 5.75 Å². The second kappa shape index (κ2) is 4.81. The average Bonchev–Trinajstić information content (AvgIpc) is 2.38. The highest BCUT2D eigenvalue weighted by Gasteiger charge is 2.08. The van der Waals surface area contributed by atoms with E-state index in [2.05, 4.69) is 0 Å². The fraction of sp³-hybridized carbons (Fsp3) is 0.143. The van der Waals surface area contributed by atoms with Crippen LogP contribution in [0.2, 0.25) is 0 Å². The molecule has 2 aromatic carbocycles. The van der Waals surface area contributed by atoms with Crippen LogP contribution < -0.4 is 4.74 Å². The number of methoxy groups -OCH3 is 1. The smallest absolute Gasteiger partial charge is 0.124 e. The number of benzene rings is 2. The van der Waals surface area contributed by atoms with E-state index in [9.17, 15) is 5.11 Å². The van der Waals surface area contributed by atoms with Crippen LogP contribution in [0.1, 0.15) is 5.56 Å². The summed E-state index contributed by atoms with van der Waals surface area (Å²) >= 11 is 0. The normalized spacial score (nSPS) is 10.1. The molecule has 82 valence electrons. The lowest BCUT2D eigenvalue weighted by Crippen LogP contribution is -1.94. The summed E-state index contributed by atoms with van der Waals surface area (Å²) in [5.74, 6) is 0.726. The van der Waals surface area contributed by atoms with Crippen LogP contribution in [-0.4, -0.2) is 12.2 Å². The molecule has 0 spiro atoms. The lowest BCUT2D eigenvalue weighted by Gasteiger charge is -2.11. The van der Waals surface area contributed by atoms with Crippen LogP contribution in [0.4, 0.5) is 0 Å². The third-order valence-corrected chi connectivity index (χ3v) is 2.60. The van der Waals surface area contributed by atoms with Crippen LogP contribution >= 0.6 is 0 Å². The second-order valence-corrected chi connectivity index (χ2v) is 3.51. The van der Waals surface area contributed by atoms with Crippen LogP contribution in [-0.2, 0) is 6.61 Å². The summed E-state index contributed by atoms with van der Waals surface area (Å²) in [6.45, 7) is -0.0196. The first-order valence-electron chi connectivity index (χ1n) is 5.19. The Bertz CT molecular complexity index is 463. The molecule has 1 N–H and O–H groups in total. The first-order valence-corrected chi connectivity index (χ1v) is 5.19. The topological polar surface area (TPSA) is 29.5 Å². The Morgan fingerprint density at radius 1 is 1.00 bits per heavy atom. The third-order valence-electron chi connectivity index (χ3n) is 2.60. The number of aliphatic hydroxyl groups excluding tert-OH is 1. The van der Waals surface area contributed by atoms with Gasteiger partial charge in [-0.3, -0.25) is 0 Å². The third kappa shape index (κ3) is 1.92. The minimum absolute atomic E-state index is 0.0196. The maximum absolute atomic E-state index is 9.41. The highest BCUT2D eigenvalue weighted by atomic mass is 16.5. The van der Waals surface area contributed by atoms with Crippen LogP contribution in [0, 0.1) is 0 Å². The molecule has 0 radical (unpaired) electrons. The molecule has 0 atom stereocenters. The first kappa shape index (κ1) is 10.7. The lowest BCUT2D eigenvalue weighted by atomic mass is 9.99. The molecule has 0 saturated carbocycles. The quantitative estimate of drug-likeness (QED) is 0.851. The van der Waals surface area contributed by atoms with Crippen molar-refractivity contribution >= 4 is 0 Å². The minimum atomic E-state index is -0.0196. The summed E-state index contributed by atoms with van der Waals surface area (Å²) in [7, 11) is 1.61. The zero-order valence-electron chi connectivity index (χ0n) is 9.18. The maximum atomic E-state index is 9.41. The van der Waals surface area contributed by atoms with Gasteiger partial charge in [-0.25, -0.2) is 0 Å². The standard InChI is InChI=1S/C14H14O2/c1-16-14-9-5-8-12(13(14)10-15)11-6-3-2-4-7-11/h2-9,15H,10H2,1H3. The van der Waals surface area contributed by atoms with Gasteiger partial charge < -0.3 is 9.84 Å². The van der Waals surface area contributed by atoms with Gasteiger partial charge in [-0.05, 0) is 17.2 Å². The molecule has 0 amide bonds. The monoisotopic (exact) mass is 214 g/mol. The van der Waals surface area contributed by atoms with E-state index >= 15 is 0 Å². The van der Waals surface area contributed by atoms with Crippen molar-refractivity contribution < 1.29 is 9.84 Å². The number of rotatable bonds is 3. The zero-order valence-corrected chi connectivity index (χ0v) is 9.18. The van der Waals surface area contributed by atoms with Crippen molar-refractivity contribution in [1.29, 1.82) is 0 Å². The molecule has 0 fully saturated rings. The van der Waals surface area contributed by atoms with Crippen molar-refractivity contribution in [3.63, 3.8) is 0 Å². The van der Waals surface area contributed by atoms with Crippen molar-refractivity contribution in [2.45, 2.75) is 6.61 Å².